The normalized spacial score (nSPS) is 13.7. The molecule has 152 valence electrons. The van der Waals surface area contributed by atoms with E-state index in [9.17, 15) is 9.59 Å². The van der Waals surface area contributed by atoms with Crippen molar-refractivity contribution in [1.29, 1.82) is 0 Å². The van der Waals surface area contributed by atoms with Crippen molar-refractivity contribution >= 4 is 17.5 Å². The molecule has 7 heteroatoms. The highest BCUT2D eigenvalue weighted by atomic mass is 16.5. The zero-order valence-corrected chi connectivity index (χ0v) is 16.7. The van der Waals surface area contributed by atoms with Crippen molar-refractivity contribution in [3.05, 3.63) is 77.7 Å². The first-order chi connectivity index (χ1) is 14.6. The molecule has 0 unspecified atom stereocenters. The predicted molar refractivity (Wildman–Crippen MR) is 113 cm³/mol. The lowest BCUT2D eigenvalue weighted by Gasteiger charge is -2.27. The summed E-state index contributed by atoms with van der Waals surface area (Å²) < 4.78 is 5.32. The Morgan fingerprint density at radius 1 is 1.03 bits per heavy atom. The molecular formula is C23H22N4O3. The van der Waals surface area contributed by atoms with Crippen LogP contribution < -0.4 is 5.32 Å². The molecule has 0 spiro atoms. The number of aryl methyl sites for hydroxylation is 1. The van der Waals surface area contributed by atoms with E-state index < -0.39 is 0 Å². The zero-order valence-electron chi connectivity index (χ0n) is 16.7. The molecule has 0 saturated carbocycles. The average Bonchev–Trinajstić information content (AvgIpc) is 2.80. The van der Waals surface area contributed by atoms with E-state index in [1.807, 2.05) is 42.5 Å². The number of anilines is 1. The van der Waals surface area contributed by atoms with E-state index in [-0.39, 0.29) is 17.5 Å². The summed E-state index contributed by atoms with van der Waals surface area (Å²) >= 11 is 0. The standard InChI is InChI=1S/C23H22N4O3/c1-16-21(22(28)25-19-8-3-2-4-9-19)26-20(15-24-16)17-6-5-7-18(14-17)23(29)27-10-12-30-13-11-27/h2-9,14-15H,10-13H2,1H3,(H,25,28). The van der Waals surface area contributed by atoms with Gasteiger partial charge in [0.15, 0.2) is 0 Å². The van der Waals surface area contributed by atoms with Gasteiger partial charge < -0.3 is 15.0 Å². The van der Waals surface area contributed by atoms with Crippen molar-refractivity contribution in [2.75, 3.05) is 31.6 Å². The molecule has 0 atom stereocenters. The molecule has 0 bridgehead atoms. The molecule has 4 rings (SSSR count). The molecule has 1 aliphatic heterocycles. The van der Waals surface area contributed by atoms with E-state index in [1.165, 1.54) is 0 Å². The molecule has 1 N–H and O–H groups in total. The van der Waals surface area contributed by atoms with Crippen molar-refractivity contribution in [2.45, 2.75) is 6.92 Å². The number of ether oxygens (including phenoxy) is 1. The fraction of sp³-hybridized carbons (Fsp3) is 0.217. The highest BCUT2D eigenvalue weighted by molar-refractivity contribution is 6.03. The largest absolute Gasteiger partial charge is 0.378 e. The summed E-state index contributed by atoms with van der Waals surface area (Å²) in [5.41, 5.74) is 3.32. The summed E-state index contributed by atoms with van der Waals surface area (Å²) in [6.07, 6.45) is 1.62. The van der Waals surface area contributed by atoms with Crippen LogP contribution in [0.5, 0.6) is 0 Å². The average molecular weight is 402 g/mol. The van der Waals surface area contributed by atoms with Crippen molar-refractivity contribution in [3.8, 4) is 11.3 Å². The zero-order chi connectivity index (χ0) is 20.9. The molecule has 2 aromatic carbocycles. The Bertz CT molecular complexity index is 1060. The quantitative estimate of drug-likeness (QED) is 0.725. The van der Waals surface area contributed by atoms with Gasteiger partial charge >= 0.3 is 0 Å². The fourth-order valence-electron chi connectivity index (χ4n) is 3.28. The number of morpholine rings is 1. The summed E-state index contributed by atoms with van der Waals surface area (Å²) in [5.74, 6) is -0.365. The van der Waals surface area contributed by atoms with Crippen LogP contribution in [0, 0.1) is 6.92 Å². The minimum Gasteiger partial charge on any atom is -0.378 e. The third-order valence-electron chi connectivity index (χ3n) is 4.91. The number of nitrogens with one attached hydrogen (secondary N) is 1. The molecule has 3 aromatic rings. The van der Waals surface area contributed by atoms with Gasteiger partial charge in [0.25, 0.3) is 11.8 Å². The highest BCUT2D eigenvalue weighted by Gasteiger charge is 2.19. The highest BCUT2D eigenvalue weighted by Crippen LogP contribution is 2.21. The van der Waals surface area contributed by atoms with Crippen LogP contribution in [-0.4, -0.2) is 53.0 Å². The number of hydrogen-bond acceptors (Lipinski definition) is 5. The Kier molecular flexibility index (Phi) is 5.81. The third-order valence-corrected chi connectivity index (χ3v) is 4.91. The topological polar surface area (TPSA) is 84.4 Å². The first-order valence-corrected chi connectivity index (χ1v) is 9.79. The number of amides is 2. The van der Waals surface area contributed by atoms with Gasteiger partial charge in [-0.2, -0.15) is 0 Å². The van der Waals surface area contributed by atoms with Gasteiger partial charge in [0.2, 0.25) is 0 Å². The van der Waals surface area contributed by atoms with Gasteiger partial charge in [0.1, 0.15) is 5.69 Å². The maximum atomic E-state index is 12.8. The van der Waals surface area contributed by atoms with Gasteiger partial charge in [-0.1, -0.05) is 30.3 Å². The summed E-state index contributed by atoms with van der Waals surface area (Å²) in [5, 5.41) is 2.84. The molecule has 2 amide bonds. The Balaban J connectivity index is 1.59. The molecule has 0 aliphatic carbocycles. The van der Waals surface area contributed by atoms with Gasteiger partial charge in [0, 0.05) is 29.9 Å². The van der Waals surface area contributed by atoms with E-state index >= 15 is 0 Å². The minimum absolute atomic E-state index is 0.0396. The molecule has 1 aliphatic rings. The first-order valence-electron chi connectivity index (χ1n) is 9.79. The van der Waals surface area contributed by atoms with Crippen LogP contribution in [0.1, 0.15) is 26.5 Å². The van der Waals surface area contributed by atoms with Crippen LogP contribution in [0.15, 0.2) is 60.8 Å². The van der Waals surface area contributed by atoms with Crippen molar-refractivity contribution in [1.82, 2.24) is 14.9 Å². The second-order valence-corrected chi connectivity index (χ2v) is 6.99. The molecular weight excluding hydrogens is 380 g/mol. The fourth-order valence-corrected chi connectivity index (χ4v) is 3.28. The Morgan fingerprint density at radius 2 is 1.80 bits per heavy atom. The number of aromatic nitrogens is 2. The maximum absolute atomic E-state index is 12.8. The van der Waals surface area contributed by atoms with E-state index in [0.29, 0.717) is 48.9 Å². The molecule has 7 nitrogen and oxygen atoms in total. The third kappa shape index (κ3) is 4.36. The van der Waals surface area contributed by atoms with Crippen LogP contribution in [0.2, 0.25) is 0 Å². The summed E-state index contributed by atoms with van der Waals surface area (Å²) in [6.45, 7) is 4.01. The lowest BCUT2D eigenvalue weighted by molar-refractivity contribution is 0.0303. The van der Waals surface area contributed by atoms with Crippen molar-refractivity contribution in [2.24, 2.45) is 0 Å². The number of hydrogen-bond donors (Lipinski definition) is 1. The first kappa shape index (κ1) is 19.7. The Hall–Kier alpha value is -3.58. The summed E-state index contributed by atoms with van der Waals surface area (Å²) in [6, 6.07) is 16.4. The lowest BCUT2D eigenvalue weighted by atomic mass is 10.1. The predicted octanol–water partition coefficient (Wildman–Crippen LogP) is 3.18. The van der Waals surface area contributed by atoms with E-state index in [2.05, 4.69) is 15.3 Å². The number of nitrogens with zero attached hydrogens (tertiary/aromatic N) is 3. The molecule has 0 radical (unpaired) electrons. The summed E-state index contributed by atoms with van der Waals surface area (Å²) in [4.78, 5) is 36.2. The molecule has 1 aromatic heterocycles. The monoisotopic (exact) mass is 402 g/mol. The second kappa shape index (κ2) is 8.84. The van der Waals surface area contributed by atoms with Crippen LogP contribution >= 0.6 is 0 Å². The van der Waals surface area contributed by atoms with Crippen molar-refractivity contribution < 1.29 is 14.3 Å². The number of carbonyl (C=O) groups excluding carboxylic acids is 2. The van der Waals surface area contributed by atoms with Gasteiger partial charge in [-0.05, 0) is 31.2 Å². The van der Waals surface area contributed by atoms with Gasteiger partial charge in [0.05, 0.1) is 30.8 Å². The number of carbonyl (C=O) groups is 2. The summed E-state index contributed by atoms with van der Waals surface area (Å²) in [7, 11) is 0. The smallest absolute Gasteiger partial charge is 0.276 e. The van der Waals surface area contributed by atoms with Crippen LogP contribution in [0.4, 0.5) is 5.69 Å². The van der Waals surface area contributed by atoms with E-state index in [1.54, 1.807) is 30.2 Å². The number of para-hydroxylation sites is 1. The van der Waals surface area contributed by atoms with Crippen LogP contribution in [0.3, 0.4) is 0 Å². The second-order valence-electron chi connectivity index (χ2n) is 6.99. The molecule has 2 heterocycles. The molecule has 1 saturated heterocycles. The van der Waals surface area contributed by atoms with Crippen molar-refractivity contribution in [3.63, 3.8) is 0 Å². The lowest BCUT2D eigenvalue weighted by Crippen LogP contribution is -2.40. The van der Waals surface area contributed by atoms with Gasteiger partial charge in [-0.3, -0.25) is 14.6 Å². The van der Waals surface area contributed by atoms with Crippen LogP contribution in [-0.2, 0) is 4.74 Å². The van der Waals surface area contributed by atoms with E-state index in [4.69, 9.17) is 4.74 Å². The molecule has 30 heavy (non-hydrogen) atoms. The van der Waals surface area contributed by atoms with Crippen LogP contribution in [0.25, 0.3) is 11.3 Å². The Labute approximate surface area is 174 Å². The number of rotatable bonds is 4. The minimum atomic E-state index is -0.325. The Morgan fingerprint density at radius 3 is 2.57 bits per heavy atom. The maximum Gasteiger partial charge on any atom is 0.276 e. The number of benzene rings is 2. The SMILES string of the molecule is Cc1ncc(-c2cccc(C(=O)N3CCOCC3)c2)nc1C(=O)Nc1ccccc1. The molecule has 1 fully saturated rings. The van der Waals surface area contributed by atoms with Gasteiger partial charge in [-0.25, -0.2) is 4.98 Å². The van der Waals surface area contributed by atoms with E-state index in [0.717, 1.165) is 5.56 Å². The van der Waals surface area contributed by atoms with Gasteiger partial charge in [-0.15, -0.1) is 0 Å².